The number of hydrogen-bond donors (Lipinski definition) is 0. The van der Waals surface area contributed by atoms with Gasteiger partial charge in [0.25, 0.3) is 0 Å². The van der Waals surface area contributed by atoms with Gasteiger partial charge in [-0.2, -0.15) is 0 Å². The van der Waals surface area contributed by atoms with Crippen molar-refractivity contribution in [2.75, 3.05) is 6.61 Å². The van der Waals surface area contributed by atoms with Gasteiger partial charge in [-0.25, -0.2) is 0 Å². The van der Waals surface area contributed by atoms with Crippen LogP contribution in [0.15, 0.2) is 24.3 Å². The van der Waals surface area contributed by atoms with Crippen LogP contribution < -0.4 is 0 Å². The van der Waals surface area contributed by atoms with Gasteiger partial charge in [0.15, 0.2) is 0 Å². The first-order valence-corrected chi connectivity index (χ1v) is 5.12. The Morgan fingerprint density at radius 2 is 2.29 bits per heavy atom. The van der Waals surface area contributed by atoms with Gasteiger partial charge in [0.1, 0.15) is 6.10 Å². The van der Waals surface area contributed by atoms with E-state index in [4.69, 9.17) is 21.1 Å². The number of ether oxygens (including phenoxy) is 2. The molecule has 1 saturated heterocycles. The van der Waals surface area contributed by atoms with Gasteiger partial charge in [-0.3, -0.25) is 0 Å². The summed E-state index contributed by atoms with van der Waals surface area (Å²) in [5, 5.41) is 0.761. The maximum atomic E-state index is 5.99. The summed E-state index contributed by atoms with van der Waals surface area (Å²) >= 11 is 5.99. The summed E-state index contributed by atoms with van der Waals surface area (Å²) in [7, 11) is 0. The molecule has 0 spiro atoms. The second-order valence-corrected chi connectivity index (χ2v) is 3.89. The maximum absolute atomic E-state index is 5.99. The smallest absolute Gasteiger partial charge is 0.107 e. The lowest BCUT2D eigenvalue weighted by atomic mass is 10.2. The largest absolute Gasteiger partial charge is 0.371 e. The highest BCUT2D eigenvalue weighted by atomic mass is 35.5. The fraction of sp³-hybridized carbons (Fsp3) is 0.455. The van der Waals surface area contributed by atoms with Crippen LogP contribution in [0.4, 0.5) is 0 Å². The van der Waals surface area contributed by atoms with Gasteiger partial charge in [0.05, 0.1) is 19.3 Å². The molecule has 0 N–H and O–H groups in total. The quantitative estimate of drug-likeness (QED) is 0.716. The van der Waals surface area contributed by atoms with E-state index in [9.17, 15) is 0 Å². The minimum absolute atomic E-state index is 0.159. The summed E-state index contributed by atoms with van der Waals surface area (Å²) in [5.41, 5.74) is 1.03. The normalized spacial score (nSPS) is 22.0. The summed E-state index contributed by atoms with van der Waals surface area (Å²) in [5.74, 6) is 0. The summed E-state index contributed by atoms with van der Waals surface area (Å²) in [4.78, 5) is 0. The van der Waals surface area contributed by atoms with Crippen LogP contribution in [0.1, 0.15) is 12.5 Å². The van der Waals surface area contributed by atoms with Crippen LogP contribution in [-0.2, 0) is 16.1 Å². The van der Waals surface area contributed by atoms with Crippen molar-refractivity contribution in [3.63, 3.8) is 0 Å². The maximum Gasteiger partial charge on any atom is 0.107 e. The molecule has 0 aromatic heterocycles. The molecular formula is C11H13ClO2. The lowest BCUT2D eigenvalue weighted by Crippen LogP contribution is -2.15. The molecule has 1 aliphatic heterocycles. The minimum Gasteiger partial charge on any atom is -0.371 e. The molecule has 2 nitrogen and oxygen atoms in total. The molecule has 2 atom stereocenters. The van der Waals surface area contributed by atoms with E-state index >= 15 is 0 Å². The molecule has 0 radical (unpaired) electrons. The number of halogens is 1. The molecule has 76 valence electrons. The lowest BCUT2D eigenvalue weighted by Gasteiger charge is -2.10. The van der Waals surface area contributed by atoms with Gasteiger partial charge >= 0.3 is 0 Å². The van der Waals surface area contributed by atoms with Crippen molar-refractivity contribution in [2.45, 2.75) is 25.7 Å². The van der Waals surface area contributed by atoms with Crippen LogP contribution in [0.25, 0.3) is 0 Å². The van der Waals surface area contributed by atoms with Crippen LogP contribution in [0.3, 0.4) is 0 Å². The fourth-order valence-electron chi connectivity index (χ4n) is 1.27. The Bertz CT molecular complexity index is 310. The van der Waals surface area contributed by atoms with Crippen LogP contribution in [0.2, 0.25) is 5.02 Å². The Kier molecular flexibility index (Phi) is 3.06. The third kappa shape index (κ3) is 2.47. The van der Waals surface area contributed by atoms with Crippen molar-refractivity contribution in [1.82, 2.24) is 0 Å². The highest BCUT2D eigenvalue weighted by Gasteiger charge is 2.30. The second kappa shape index (κ2) is 4.30. The highest BCUT2D eigenvalue weighted by molar-refractivity contribution is 6.31. The predicted molar refractivity (Wildman–Crippen MR) is 55.4 cm³/mol. The Hall–Kier alpha value is -0.570. The zero-order chi connectivity index (χ0) is 9.97. The first-order chi connectivity index (χ1) is 6.77. The number of rotatable bonds is 4. The van der Waals surface area contributed by atoms with Gasteiger partial charge in [-0.15, -0.1) is 0 Å². The number of benzene rings is 1. The zero-order valence-corrected chi connectivity index (χ0v) is 8.83. The molecule has 0 saturated carbocycles. The lowest BCUT2D eigenvalue weighted by molar-refractivity contribution is 0.0341. The van der Waals surface area contributed by atoms with Gasteiger partial charge in [-0.05, 0) is 18.6 Å². The molecule has 1 aromatic rings. The Labute approximate surface area is 88.8 Å². The van der Waals surface area contributed by atoms with Crippen molar-refractivity contribution < 1.29 is 9.47 Å². The average molecular weight is 213 g/mol. The summed E-state index contributed by atoms with van der Waals surface area (Å²) in [6.45, 7) is 3.40. The van der Waals surface area contributed by atoms with Crippen LogP contribution in [0.5, 0.6) is 0 Å². The Morgan fingerprint density at radius 3 is 2.93 bits per heavy atom. The van der Waals surface area contributed by atoms with Crippen molar-refractivity contribution >= 4 is 11.6 Å². The highest BCUT2D eigenvalue weighted by Crippen LogP contribution is 2.20. The van der Waals surface area contributed by atoms with Gasteiger partial charge in [0.2, 0.25) is 0 Å². The van der Waals surface area contributed by atoms with E-state index in [0.717, 1.165) is 17.2 Å². The summed E-state index contributed by atoms with van der Waals surface area (Å²) in [6.07, 6.45) is 0.448. The Morgan fingerprint density at radius 1 is 1.57 bits per heavy atom. The van der Waals surface area contributed by atoms with E-state index in [0.29, 0.717) is 6.61 Å². The van der Waals surface area contributed by atoms with E-state index < -0.39 is 0 Å². The van der Waals surface area contributed by atoms with E-state index in [1.165, 1.54) is 0 Å². The number of hydrogen-bond acceptors (Lipinski definition) is 2. The topological polar surface area (TPSA) is 21.8 Å². The standard InChI is InChI=1S/C11H13ClO2/c1-8(11-7-14-11)13-6-9-4-2-3-5-10(9)12/h2-5,8,11H,6-7H2,1H3/t8-,11+/m1/s1. The van der Waals surface area contributed by atoms with Crippen molar-refractivity contribution in [3.8, 4) is 0 Å². The summed E-state index contributed by atoms with van der Waals surface area (Å²) in [6, 6.07) is 7.73. The van der Waals surface area contributed by atoms with Crippen molar-refractivity contribution in [2.24, 2.45) is 0 Å². The molecule has 1 aliphatic rings. The van der Waals surface area contributed by atoms with Crippen LogP contribution in [0, 0.1) is 0 Å². The third-order valence-electron chi connectivity index (χ3n) is 2.34. The predicted octanol–water partition coefficient (Wildman–Crippen LogP) is 2.64. The minimum atomic E-state index is 0.159. The van der Waals surface area contributed by atoms with E-state index in [1.54, 1.807) is 0 Å². The zero-order valence-electron chi connectivity index (χ0n) is 8.07. The van der Waals surface area contributed by atoms with E-state index in [-0.39, 0.29) is 12.2 Å². The Balaban J connectivity index is 1.87. The van der Waals surface area contributed by atoms with E-state index in [1.807, 2.05) is 31.2 Å². The molecular weight excluding hydrogens is 200 g/mol. The first-order valence-electron chi connectivity index (χ1n) is 4.74. The van der Waals surface area contributed by atoms with Crippen molar-refractivity contribution in [3.05, 3.63) is 34.9 Å². The molecule has 1 heterocycles. The number of epoxide rings is 1. The summed E-state index contributed by atoms with van der Waals surface area (Å²) < 4.78 is 10.8. The molecule has 2 rings (SSSR count). The van der Waals surface area contributed by atoms with Crippen LogP contribution in [-0.4, -0.2) is 18.8 Å². The molecule has 0 amide bonds. The molecule has 14 heavy (non-hydrogen) atoms. The van der Waals surface area contributed by atoms with Crippen molar-refractivity contribution in [1.29, 1.82) is 0 Å². The SMILES string of the molecule is C[C@@H](OCc1ccccc1Cl)[C@@H]1CO1. The first kappa shape index (κ1) is 9.97. The van der Waals surface area contributed by atoms with E-state index in [2.05, 4.69) is 0 Å². The van der Waals surface area contributed by atoms with Gasteiger partial charge in [0, 0.05) is 5.02 Å². The molecule has 0 bridgehead atoms. The van der Waals surface area contributed by atoms with Gasteiger partial charge < -0.3 is 9.47 Å². The average Bonchev–Trinajstić information content (AvgIpc) is 2.99. The fourth-order valence-corrected chi connectivity index (χ4v) is 1.46. The third-order valence-corrected chi connectivity index (χ3v) is 2.71. The molecule has 0 aliphatic carbocycles. The van der Waals surface area contributed by atoms with Gasteiger partial charge in [-0.1, -0.05) is 29.8 Å². The molecule has 3 heteroatoms. The second-order valence-electron chi connectivity index (χ2n) is 3.48. The molecule has 1 aromatic carbocycles. The molecule has 0 unspecified atom stereocenters. The molecule has 1 fully saturated rings. The van der Waals surface area contributed by atoms with Crippen LogP contribution >= 0.6 is 11.6 Å². The monoisotopic (exact) mass is 212 g/mol.